The van der Waals surface area contributed by atoms with Gasteiger partial charge in [0.15, 0.2) is 0 Å². The maximum Gasteiger partial charge on any atom is 0.339 e. The molecule has 7 nitrogen and oxygen atoms in total. The topological polar surface area (TPSA) is 92.9 Å². The minimum absolute atomic E-state index is 0.170. The molecule has 0 aliphatic carbocycles. The molecule has 0 unspecified atom stereocenters. The van der Waals surface area contributed by atoms with Crippen LogP contribution in [0.15, 0.2) is 18.5 Å². The van der Waals surface area contributed by atoms with Crippen LogP contribution in [0.3, 0.4) is 0 Å². The molecule has 0 aliphatic heterocycles. The van der Waals surface area contributed by atoms with Gasteiger partial charge in [0.05, 0.1) is 0 Å². The fraction of sp³-hybridized carbons (Fsp3) is 0.333. The van der Waals surface area contributed by atoms with Crippen LogP contribution in [0.4, 0.5) is 5.82 Å². The van der Waals surface area contributed by atoms with Crippen LogP contribution in [-0.2, 0) is 13.5 Å². The second-order valence-corrected chi connectivity index (χ2v) is 4.19. The third-order valence-electron chi connectivity index (χ3n) is 2.71. The third-order valence-corrected chi connectivity index (χ3v) is 2.71. The molecule has 2 aromatic rings. The number of aryl methyl sites for hydroxylation is 2. The van der Waals surface area contributed by atoms with Crippen LogP contribution >= 0.6 is 0 Å². The van der Waals surface area contributed by atoms with E-state index in [0.717, 1.165) is 11.5 Å². The first-order chi connectivity index (χ1) is 9.08. The van der Waals surface area contributed by atoms with Gasteiger partial charge in [-0.3, -0.25) is 0 Å². The summed E-state index contributed by atoms with van der Waals surface area (Å²) in [7, 11) is 1.86. The number of carbonyl (C=O) groups is 1. The number of hydrogen-bond acceptors (Lipinski definition) is 5. The molecule has 0 saturated carbocycles. The van der Waals surface area contributed by atoms with Crippen molar-refractivity contribution in [3.05, 3.63) is 35.5 Å². The Morgan fingerprint density at radius 3 is 2.89 bits per heavy atom. The van der Waals surface area contributed by atoms with Crippen LogP contribution < -0.4 is 5.32 Å². The molecule has 0 bridgehead atoms. The Balaban J connectivity index is 2.05. The molecule has 0 saturated heterocycles. The van der Waals surface area contributed by atoms with Gasteiger partial charge in [-0.2, -0.15) is 0 Å². The molecule has 0 spiro atoms. The quantitative estimate of drug-likeness (QED) is 0.829. The van der Waals surface area contributed by atoms with Crippen LogP contribution in [0.2, 0.25) is 0 Å². The maximum atomic E-state index is 11.1. The van der Waals surface area contributed by atoms with Gasteiger partial charge in [0.2, 0.25) is 0 Å². The average Bonchev–Trinajstić information content (AvgIpc) is 2.75. The van der Waals surface area contributed by atoms with E-state index in [4.69, 9.17) is 5.11 Å². The SMILES string of the molecule is Cc1ccc(C(=O)O)c(NCCc2nncn2C)n1. The smallest absolute Gasteiger partial charge is 0.339 e. The second kappa shape index (κ2) is 5.47. The Morgan fingerprint density at radius 2 is 2.26 bits per heavy atom. The lowest BCUT2D eigenvalue weighted by atomic mass is 10.2. The molecule has 0 atom stereocenters. The Kier molecular flexibility index (Phi) is 3.74. The number of rotatable bonds is 5. The fourth-order valence-corrected chi connectivity index (χ4v) is 1.69. The van der Waals surface area contributed by atoms with Crippen LogP contribution in [0.5, 0.6) is 0 Å². The van der Waals surface area contributed by atoms with Gasteiger partial charge in [0.1, 0.15) is 23.5 Å². The number of hydrogen-bond donors (Lipinski definition) is 2. The predicted octanol–water partition coefficient (Wildman–Crippen LogP) is 0.871. The summed E-state index contributed by atoms with van der Waals surface area (Å²) >= 11 is 0. The third kappa shape index (κ3) is 3.06. The van der Waals surface area contributed by atoms with Crippen molar-refractivity contribution in [1.29, 1.82) is 0 Å². The summed E-state index contributed by atoms with van der Waals surface area (Å²) in [6, 6.07) is 3.23. The first-order valence-corrected chi connectivity index (χ1v) is 5.85. The summed E-state index contributed by atoms with van der Waals surface area (Å²) in [5, 5.41) is 19.8. The van der Waals surface area contributed by atoms with Gasteiger partial charge in [-0.25, -0.2) is 9.78 Å². The summed E-state index contributed by atoms with van der Waals surface area (Å²) in [6.07, 6.45) is 2.27. The summed E-state index contributed by atoms with van der Waals surface area (Å²) in [5.74, 6) is 0.223. The van der Waals surface area contributed by atoms with E-state index >= 15 is 0 Å². The number of aromatic nitrogens is 4. The summed E-state index contributed by atoms with van der Waals surface area (Å²) < 4.78 is 1.82. The van der Waals surface area contributed by atoms with Crippen molar-refractivity contribution in [1.82, 2.24) is 19.7 Å². The van der Waals surface area contributed by atoms with Crippen molar-refractivity contribution in [3.63, 3.8) is 0 Å². The van der Waals surface area contributed by atoms with Crippen molar-refractivity contribution < 1.29 is 9.90 Å². The molecule has 19 heavy (non-hydrogen) atoms. The molecule has 2 aromatic heterocycles. The number of pyridine rings is 1. The minimum atomic E-state index is -0.992. The van der Waals surface area contributed by atoms with Gasteiger partial charge in [0, 0.05) is 25.7 Å². The summed E-state index contributed by atoms with van der Waals surface area (Å²) in [6.45, 7) is 2.36. The van der Waals surface area contributed by atoms with E-state index in [1.807, 2.05) is 18.5 Å². The Morgan fingerprint density at radius 1 is 1.47 bits per heavy atom. The Labute approximate surface area is 110 Å². The lowest BCUT2D eigenvalue weighted by molar-refractivity contribution is 0.0697. The zero-order valence-corrected chi connectivity index (χ0v) is 10.8. The van der Waals surface area contributed by atoms with E-state index in [0.29, 0.717) is 18.8 Å². The lowest BCUT2D eigenvalue weighted by Crippen LogP contribution is -2.13. The molecule has 0 radical (unpaired) electrons. The van der Waals surface area contributed by atoms with Crippen molar-refractivity contribution >= 4 is 11.8 Å². The molecule has 0 aromatic carbocycles. The van der Waals surface area contributed by atoms with Crippen LogP contribution in [0, 0.1) is 6.92 Å². The number of carboxylic acid groups (broad SMARTS) is 1. The van der Waals surface area contributed by atoms with Crippen molar-refractivity contribution in [2.24, 2.45) is 7.05 Å². The first kappa shape index (κ1) is 13.0. The number of aromatic carboxylic acids is 1. The second-order valence-electron chi connectivity index (χ2n) is 4.19. The van der Waals surface area contributed by atoms with Crippen molar-refractivity contribution in [2.45, 2.75) is 13.3 Å². The Bertz CT molecular complexity index is 594. The summed E-state index contributed by atoms with van der Waals surface area (Å²) in [5.41, 5.74) is 0.940. The van der Waals surface area contributed by atoms with Gasteiger partial charge in [0.25, 0.3) is 0 Å². The molecule has 0 fully saturated rings. The van der Waals surface area contributed by atoms with Crippen LogP contribution in [0.25, 0.3) is 0 Å². The lowest BCUT2D eigenvalue weighted by Gasteiger charge is -2.09. The molecule has 0 amide bonds. The van der Waals surface area contributed by atoms with Gasteiger partial charge in [-0.05, 0) is 19.1 Å². The molecule has 7 heteroatoms. The normalized spacial score (nSPS) is 10.4. The maximum absolute atomic E-state index is 11.1. The van der Waals surface area contributed by atoms with E-state index in [1.165, 1.54) is 0 Å². The highest BCUT2D eigenvalue weighted by Crippen LogP contribution is 2.13. The molecule has 2 rings (SSSR count). The van der Waals surface area contributed by atoms with Crippen molar-refractivity contribution in [2.75, 3.05) is 11.9 Å². The van der Waals surface area contributed by atoms with E-state index in [9.17, 15) is 4.79 Å². The largest absolute Gasteiger partial charge is 0.478 e. The fourth-order valence-electron chi connectivity index (χ4n) is 1.69. The molecule has 0 aliphatic rings. The van der Waals surface area contributed by atoms with Crippen LogP contribution in [0.1, 0.15) is 21.9 Å². The average molecular weight is 261 g/mol. The van der Waals surface area contributed by atoms with Crippen LogP contribution in [-0.4, -0.2) is 37.4 Å². The highest BCUT2D eigenvalue weighted by molar-refractivity contribution is 5.93. The van der Waals surface area contributed by atoms with E-state index < -0.39 is 5.97 Å². The van der Waals surface area contributed by atoms with Gasteiger partial charge in [-0.15, -0.1) is 10.2 Å². The highest BCUT2D eigenvalue weighted by atomic mass is 16.4. The van der Waals surface area contributed by atoms with Gasteiger partial charge in [-0.1, -0.05) is 0 Å². The molecule has 100 valence electrons. The van der Waals surface area contributed by atoms with Crippen molar-refractivity contribution in [3.8, 4) is 0 Å². The number of nitrogens with zero attached hydrogens (tertiary/aromatic N) is 4. The standard InChI is InChI=1S/C12H15N5O2/c1-8-3-4-9(12(18)19)11(15-8)13-6-5-10-16-14-7-17(10)2/h3-4,7H,5-6H2,1-2H3,(H,13,15)(H,18,19). The number of carboxylic acids is 1. The van der Waals surface area contributed by atoms with E-state index in [-0.39, 0.29) is 5.56 Å². The number of nitrogens with one attached hydrogen (secondary N) is 1. The van der Waals surface area contributed by atoms with Gasteiger partial charge < -0.3 is 15.0 Å². The Hall–Kier alpha value is -2.44. The van der Waals surface area contributed by atoms with Gasteiger partial charge >= 0.3 is 5.97 Å². The summed E-state index contributed by atoms with van der Waals surface area (Å²) in [4.78, 5) is 15.3. The van der Waals surface area contributed by atoms with E-state index in [1.54, 1.807) is 18.5 Å². The zero-order valence-electron chi connectivity index (χ0n) is 10.8. The zero-order chi connectivity index (χ0) is 13.8. The minimum Gasteiger partial charge on any atom is -0.478 e. The first-order valence-electron chi connectivity index (χ1n) is 5.85. The molecular formula is C12H15N5O2. The monoisotopic (exact) mass is 261 g/mol. The molecule has 2 heterocycles. The molecular weight excluding hydrogens is 246 g/mol. The predicted molar refractivity (Wildman–Crippen MR) is 69.1 cm³/mol. The van der Waals surface area contributed by atoms with E-state index in [2.05, 4.69) is 20.5 Å². The molecule has 2 N–H and O–H groups in total. The highest BCUT2D eigenvalue weighted by Gasteiger charge is 2.11. The number of anilines is 1.